The summed E-state index contributed by atoms with van der Waals surface area (Å²) in [5, 5.41) is 4.24. The second-order valence-corrected chi connectivity index (χ2v) is 7.63. The van der Waals surface area contributed by atoms with Gasteiger partial charge in [-0.25, -0.2) is 0 Å². The molecule has 3 rings (SSSR count). The quantitative estimate of drug-likeness (QED) is 0.805. The van der Waals surface area contributed by atoms with E-state index in [0.717, 1.165) is 19.6 Å². The van der Waals surface area contributed by atoms with Crippen LogP contribution in [-0.2, 0) is 14.3 Å². The van der Waals surface area contributed by atoms with Crippen molar-refractivity contribution in [3.05, 3.63) is 22.4 Å². The number of hydrogen-bond donors (Lipinski definition) is 0. The third-order valence-electron chi connectivity index (χ3n) is 4.42. The predicted octanol–water partition coefficient (Wildman–Crippen LogP) is 2.85. The smallest absolute Gasteiger partial charge is 0.306 e. The maximum atomic E-state index is 11.6. The highest BCUT2D eigenvalue weighted by molar-refractivity contribution is 7.07. The van der Waals surface area contributed by atoms with E-state index in [9.17, 15) is 4.79 Å². The molecule has 0 bridgehead atoms. The molecule has 3 heterocycles. The third kappa shape index (κ3) is 3.30. The van der Waals surface area contributed by atoms with Gasteiger partial charge in [0, 0.05) is 25.0 Å². The highest BCUT2D eigenvalue weighted by atomic mass is 32.1. The van der Waals surface area contributed by atoms with E-state index >= 15 is 0 Å². The molecule has 3 unspecified atom stereocenters. The lowest BCUT2D eigenvalue weighted by atomic mass is 9.85. The van der Waals surface area contributed by atoms with Crippen LogP contribution in [0.5, 0.6) is 0 Å². The van der Waals surface area contributed by atoms with Crippen LogP contribution in [0, 0.1) is 5.41 Å². The monoisotopic (exact) mass is 309 g/mol. The molecule has 0 N–H and O–H groups in total. The fourth-order valence-corrected chi connectivity index (χ4v) is 3.90. The Morgan fingerprint density at radius 2 is 2.24 bits per heavy atom. The number of carbonyl (C=O) groups excluding carboxylic acids is 1. The first-order valence-electron chi connectivity index (χ1n) is 7.53. The summed E-state index contributed by atoms with van der Waals surface area (Å²) in [6.45, 7) is 8.89. The van der Waals surface area contributed by atoms with Gasteiger partial charge in [-0.3, -0.25) is 9.69 Å². The molecule has 21 heavy (non-hydrogen) atoms. The topological polar surface area (TPSA) is 38.8 Å². The molecule has 3 atom stereocenters. The molecule has 5 heteroatoms. The summed E-state index contributed by atoms with van der Waals surface area (Å²) in [5.74, 6) is -0.0688. The van der Waals surface area contributed by atoms with Gasteiger partial charge in [0.25, 0.3) is 0 Å². The van der Waals surface area contributed by atoms with E-state index in [0.29, 0.717) is 6.42 Å². The van der Waals surface area contributed by atoms with Crippen molar-refractivity contribution in [1.29, 1.82) is 0 Å². The summed E-state index contributed by atoms with van der Waals surface area (Å²) in [7, 11) is 0. The second kappa shape index (κ2) is 5.71. The molecule has 2 aliphatic rings. The van der Waals surface area contributed by atoms with Crippen molar-refractivity contribution in [2.24, 2.45) is 5.41 Å². The van der Waals surface area contributed by atoms with E-state index in [1.807, 2.05) is 0 Å². The normalized spacial score (nSPS) is 33.1. The molecule has 0 amide bonds. The second-order valence-electron chi connectivity index (χ2n) is 6.85. The Hall–Kier alpha value is -0.910. The fourth-order valence-electron chi connectivity index (χ4n) is 3.19. The lowest BCUT2D eigenvalue weighted by Gasteiger charge is -2.39. The zero-order chi connectivity index (χ0) is 15.0. The van der Waals surface area contributed by atoms with E-state index in [1.54, 1.807) is 11.3 Å². The molecule has 2 saturated heterocycles. The maximum absolute atomic E-state index is 11.6. The van der Waals surface area contributed by atoms with Crippen molar-refractivity contribution >= 4 is 17.3 Å². The molecule has 0 saturated carbocycles. The summed E-state index contributed by atoms with van der Waals surface area (Å²) in [6, 6.07) is 2.13. The van der Waals surface area contributed by atoms with Crippen molar-refractivity contribution < 1.29 is 14.3 Å². The molecular weight excluding hydrogens is 286 g/mol. The summed E-state index contributed by atoms with van der Waals surface area (Å²) >= 11 is 1.70. The lowest BCUT2D eigenvalue weighted by molar-refractivity contribution is -0.144. The SMILES string of the molecule is CC1CN(CC2OC(=O)CC2(C)C)CC(c2ccsc2)O1. The number of esters is 1. The molecule has 4 nitrogen and oxygen atoms in total. The predicted molar refractivity (Wildman–Crippen MR) is 82.3 cm³/mol. The Bertz CT molecular complexity index is 500. The first kappa shape index (κ1) is 15.0. The van der Waals surface area contributed by atoms with Gasteiger partial charge in [0.15, 0.2) is 0 Å². The molecule has 0 spiro atoms. The van der Waals surface area contributed by atoms with Crippen LogP contribution >= 0.6 is 11.3 Å². The van der Waals surface area contributed by atoms with Crippen molar-refractivity contribution in [3.63, 3.8) is 0 Å². The molecule has 116 valence electrons. The van der Waals surface area contributed by atoms with Crippen molar-refractivity contribution in [2.75, 3.05) is 19.6 Å². The number of hydrogen-bond acceptors (Lipinski definition) is 5. The molecule has 1 aromatic rings. The molecule has 2 fully saturated rings. The molecular formula is C16H23NO3S. The number of rotatable bonds is 3. The Balaban J connectivity index is 1.66. The minimum absolute atomic E-state index is 0.0153. The summed E-state index contributed by atoms with van der Waals surface area (Å²) in [4.78, 5) is 13.9. The van der Waals surface area contributed by atoms with Crippen LogP contribution in [0.4, 0.5) is 0 Å². The van der Waals surface area contributed by atoms with Crippen molar-refractivity contribution in [3.8, 4) is 0 Å². The summed E-state index contributed by atoms with van der Waals surface area (Å²) in [6.07, 6.45) is 0.827. The number of nitrogens with zero attached hydrogens (tertiary/aromatic N) is 1. The van der Waals surface area contributed by atoms with E-state index in [-0.39, 0.29) is 29.7 Å². The molecule has 1 aromatic heterocycles. The van der Waals surface area contributed by atoms with Crippen LogP contribution in [0.25, 0.3) is 0 Å². The lowest BCUT2D eigenvalue weighted by Crippen LogP contribution is -2.47. The van der Waals surface area contributed by atoms with Crippen LogP contribution in [-0.4, -0.2) is 42.7 Å². The van der Waals surface area contributed by atoms with Gasteiger partial charge in [-0.15, -0.1) is 0 Å². The molecule has 0 radical (unpaired) electrons. The standard InChI is InChI=1S/C16H23NO3S/c1-11-7-17(8-13(19-11)12-4-5-21-10-12)9-14-16(2,3)6-15(18)20-14/h4-5,10-11,13-14H,6-9H2,1-3H3. The van der Waals surface area contributed by atoms with Crippen molar-refractivity contribution in [1.82, 2.24) is 4.90 Å². The van der Waals surface area contributed by atoms with Crippen molar-refractivity contribution in [2.45, 2.75) is 45.5 Å². The first-order chi connectivity index (χ1) is 9.94. The number of carbonyl (C=O) groups is 1. The summed E-state index contributed by atoms with van der Waals surface area (Å²) < 4.78 is 11.6. The van der Waals surface area contributed by atoms with E-state index < -0.39 is 0 Å². The van der Waals surface area contributed by atoms with E-state index in [2.05, 4.69) is 42.5 Å². The zero-order valence-corrected chi connectivity index (χ0v) is 13.7. The van der Waals surface area contributed by atoms with E-state index in [1.165, 1.54) is 5.56 Å². The number of thiophene rings is 1. The van der Waals surface area contributed by atoms with Gasteiger partial charge in [0.1, 0.15) is 6.10 Å². The average Bonchev–Trinajstić information content (AvgIpc) is 2.97. The largest absolute Gasteiger partial charge is 0.460 e. The van der Waals surface area contributed by atoms with Gasteiger partial charge in [-0.2, -0.15) is 11.3 Å². The number of cyclic esters (lactones) is 1. The van der Waals surface area contributed by atoms with E-state index in [4.69, 9.17) is 9.47 Å². The third-order valence-corrected chi connectivity index (χ3v) is 5.12. The Kier molecular flexibility index (Phi) is 4.08. The van der Waals surface area contributed by atoms with Gasteiger partial charge < -0.3 is 9.47 Å². The van der Waals surface area contributed by atoms with Crippen LogP contribution in [0.3, 0.4) is 0 Å². The Morgan fingerprint density at radius 3 is 2.86 bits per heavy atom. The minimum Gasteiger partial charge on any atom is -0.460 e. The van der Waals surface area contributed by atoms with Crippen LogP contribution in [0.15, 0.2) is 16.8 Å². The molecule has 0 aliphatic carbocycles. The molecule has 2 aliphatic heterocycles. The van der Waals surface area contributed by atoms with Crippen LogP contribution in [0.2, 0.25) is 0 Å². The van der Waals surface area contributed by atoms with Gasteiger partial charge in [-0.1, -0.05) is 13.8 Å². The first-order valence-corrected chi connectivity index (χ1v) is 8.48. The van der Waals surface area contributed by atoms with Gasteiger partial charge in [-0.05, 0) is 29.3 Å². The number of ether oxygens (including phenoxy) is 2. The van der Waals surface area contributed by atoms with Crippen LogP contribution < -0.4 is 0 Å². The Labute approximate surface area is 130 Å². The fraction of sp³-hybridized carbons (Fsp3) is 0.688. The maximum Gasteiger partial charge on any atom is 0.306 e. The van der Waals surface area contributed by atoms with Crippen LogP contribution in [0.1, 0.15) is 38.9 Å². The highest BCUT2D eigenvalue weighted by Gasteiger charge is 2.43. The number of morpholine rings is 1. The summed E-state index contributed by atoms with van der Waals surface area (Å²) in [5.41, 5.74) is 1.18. The zero-order valence-electron chi connectivity index (χ0n) is 12.9. The van der Waals surface area contributed by atoms with Gasteiger partial charge >= 0.3 is 5.97 Å². The molecule has 0 aromatic carbocycles. The Morgan fingerprint density at radius 1 is 1.43 bits per heavy atom. The average molecular weight is 309 g/mol. The highest BCUT2D eigenvalue weighted by Crippen LogP contribution is 2.36. The van der Waals surface area contributed by atoms with Gasteiger partial charge in [0.2, 0.25) is 0 Å². The van der Waals surface area contributed by atoms with Gasteiger partial charge in [0.05, 0.1) is 18.6 Å². The minimum atomic E-state index is -0.0729.